The summed E-state index contributed by atoms with van der Waals surface area (Å²) in [4.78, 5) is 46.9. The van der Waals surface area contributed by atoms with Gasteiger partial charge in [-0.3, -0.25) is 33.7 Å². The molecular weight excluding hydrogens is 808 g/mol. The molecule has 1 saturated carbocycles. The molecule has 0 spiro atoms. The number of likely N-dealkylation sites (tertiary alicyclic amines) is 1. The topological polar surface area (TPSA) is 94.8 Å². The van der Waals surface area contributed by atoms with Crippen LogP contribution in [0.25, 0.3) is 11.2 Å². The lowest BCUT2D eigenvalue weighted by Gasteiger charge is -2.37. The number of fused-ring (bicyclic) bond motifs is 2. The zero-order chi connectivity index (χ0) is 43.2. The molecule has 4 aliphatic heterocycles. The van der Waals surface area contributed by atoms with Gasteiger partial charge < -0.3 is 14.5 Å². The van der Waals surface area contributed by atoms with Crippen LogP contribution in [0.5, 0.6) is 0 Å². The molecule has 11 nitrogen and oxygen atoms in total. The highest BCUT2D eigenvalue weighted by atomic mass is 19.4. The largest absolute Gasteiger partial charge is 0.418 e. The molecule has 5 aliphatic rings. The Balaban J connectivity index is 0.700. The van der Waals surface area contributed by atoms with Crippen molar-refractivity contribution in [3.63, 3.8) is 0 Å². The molecule has 1 aliphatic carbocycles. The normalized spacial score (nSPS) is 20.7. The van der Waals surface area contributed by atoms with Crippen LogP contribution in [0.4, 0.5) is 24.5 Å². The summed E-state index contributed by atoms with van der Waals surface area (Å²) in [6, 6.07) is 23.8. The number of imidazole rings is 1. The van der Waals surface area contributed by atoms with Crippen LogP contribution in [0.3, 0.4) is 0 Å². The Labute approximate surface area is 365 Å². The van der Waals surface area contributed by atoms with Gasteiger partial charge in [0.2, 0.25) is 11.8 Å². The summed E-state index contributed by atoms with van der Waals surface area (Å²) in [5.41, 5.74) is 6.66. The fourth-order valence-electron chi connectivity index (χ4n) is 10.2. The highest BCUT2D eigenvalue weighted by Crippen LogP contribution is 2.35. The number of piperidine rings is 2. The summed E-state index contributed by atoms with van der Waals surface area (Å²) in [5, 5.41) is 2.49. The number of hydrogen-bond donors (Lipinski definition) is 1. The Hall–Kier alpha value is -5.44. The van der Waals surface area contributed by atoms with E-state index in [1.165, 1.54) is 58.6 Å². The van der Waals surface area contributed by atoms with E-state index in [9.17, 15) is 27.6 Å². The van der Waals surface area contributed by atoms with E-state index in [0.717, 1.165) is 67.5 Å². The van der Waals surface area contributed by atoms with Gasteiger partial charge in [-0.15, -0.1) is 0 Å². The summed E-state index contributed by atoms with van der Waals surface area (Å²) in [6.45, 7) is 7.22. The molecule has 0 bridgehead atoms. The highest BCUT2D eigenvalue weighted by molar-refractivity contribution is 6.00. The molecule has 5 aromatic rings. The number of pyridine rings is 1. The van der Waals surface area contributed by atoms with E-state index in [-0.39, 0.29) is 29.5 Å². The van der Waals surface area contributed by atoms with Gasteiger partial charge in [-0.2, -0.15) is 13.2 Å². The summed E-state index contributed by atoms with van der Waals surface area (Å²) >= 11 is 0. The molecule has 4 fully saturated rings. The number of piperazine rings is 1. The molecule has 2 amide bonds. The number of anilines is 2. The molecular formula is C49H54F3N7O4. The van der Waals surface area contributed by atoms with Crippen LogP contribution in [0.1, 0.15) is 78.3 Å². The van der Waals surface area contributed by atoms with Crippen LogP contribution in [0.15, 0.2) is 90.0 Å². The molecule has 3 saturated heterocycles. The van der Waals surface area contributed by atoms with Gasteiger partial charge in [0.25, 0.3) is 0 Å². The zero-order valence-electron chi connectivity index (χ0n) is 35.5. The number of ether oxygens (including phenoxy) is 1. The molecule has 10 rings (SSSR count). The number of nitrogens with zero attached hydrogens (tertiary/aromatic N) is 6. The van der Waals surface area contributed by atoms with Crippen molar-refractivity contribution >= 4 is 28.7 Å². The van der Waals surface area contributed by atoms with E-state index in [0.29, 0.717) is 62.8 Å². The number of aromatic nitrogens is 2. The number of carbonyl (C=O) groups is 2. The molecule has 1 N–H and O–H groups in total. The fourth-order valence-corrected chi connectivity index (χ4v) is 10.2. The number of carbonyl (C=O) groups excluding carboxylic acids is 2. The molecule has 1 atom stereocenters. The summed E-state index contributed by atoms with van der Waals surface area (Å²) in [6.07, 6.45) is 5.37. The number of amides is 2. The Morgan fingerprint density at radius 1 is 0.698 bits per heavy atom. The van der Waals surface area contributed by atoms with Crippen LogP contribution in [-0.4, -0.2) is 82.0 Å². The average Bonchev–Trinajstić information content (AvgIpc) is 3.84. The van der Waals surface area contributed by atoms with Gasteiger partial charge in [0.1, 0.15) is 0 Å². The molecule has 63 heavy (non-hydrogen) atoms. The third kappa shape index (κ3) is 8.90. The smallest absolute Gasteiger partial charge is 0.373 e. The first-order chi connectivity index (χ1) is 30.5. The predicted octanol–water partition coefficient (Wildman–Crippen LogP) is 7.08. The SMILES string of the molecule is O=C1CC[C@H](N2Cc3ccc(N4CCN(c5ccc(COC6CCN(Cc7cc(C(F)(F)F)c8cn(-c9cccc(CC%10CCC%10)c9)c(=O)n8c7)CC6)cc5)CC4)cc3C2)C(=O)N1. The summed E-state index contributed by atoms with van der Waals surface area (Å²) < 4.78 is 52.2. The maximum Gasteiger partial charge on any atom is 0.418 e. The zero-order valence-corrected chi connectivity index (χ0v) is 35.5. The first-order valence-corrected chi connectivity index (χ1v) is 22.6. The number of hydrogen-bond acceptors (Lipinski definition) is 8. The van der Waals surface area contributed by atoms with Gasteiger partial charge in [-0.1, -0.05) is 49.6 Å². The van der Waals surface area contributed by atoms with E-state index in [2.05, 4.69) is 67.4 Å². The molecule has 330 valence electrons. The van der Waals surface area contributed by atoms with Crippen molar-refractivity contribution in [1.82, 2.24) is 24.1 Å². The summed E-state index contributed by atoms with van der Waals surface area (Å²) in [5.74, 6) is 0.263. The maximum absolute atomic E-state index is 14.5. The number of halogens is 3. The van der Waals surface area contributed by atoms with Gasteiger partial charge in [0, 0.05) is 89.1 Å². The van der Waals surface area contributed by atoms with E-state index in [1.807, 2.05) is 18.2 Å². The second-order valence-electron chi connectivity index (χ2n) is 18.2. The van der Waals surface area contributed by atoms with Gasteiger partial charge >= 0.3 is 11.9 Å². The number of nitrogens with one attached hydrogen (secondary N) is 1. The van der Waals surface area contributed by atoms with Crippen molar-refractivity contribution < 1.29 is 27.5 Å². The first-order valence-electron chi connectivity index (χ1n) is 22.6. The first kappa shape index (κ1) is 41.6. The van der Waals surface area contributed by atoms with E-state index in [1.54, 1.807) is 12.3 Å². The van der Waals surface area contributed by atoms with E-state index >= 15 is 0 Å². The van der Waals surface area contributed by atoms with Crippen molar-refractivity contribution in [2.24, 2.45) is 5.92 Å². The highest BCUT2D eigenvalue weighted by Gasteiger charge is 2.36. The van der Waals surface area contributed by atoms with Crippen molar-refractivity contribution in [2.45, 2.75) is 95.9 Å². The van der Waals surface area contributed by atoms with Gasteiger partial charge in [0.05, 0.1) is 35.5 Å². The third-order valence-electron chi connectivity index (χ3n) is 14.0. The number of alkyl halides is 3. The molecule has 3 aromatic carbocycles. The van der Waals surface area contributed by atoms with Crippen LogP contribution in [-0.2, 0) is 53.2 Å². The quantitative estimate of drug-likeness (QED) is 0.141. The van der Waals surface area contributed by atoms with Gasteiger partial charge in [0.15, 0.2) is 0 Å². The minimum atomic E-state index is -4.61. The molecule has 14 heteroatoms. The molecule has 6 heterocycles. The lowest BCUT2D eigenvalue weighted by atomic mass is 9.81. The molecule has 0 unspecified atom stereocenters. The van der Waals surface area contributed by atoms with Crippen LogP contribution in [0.2, 0.25) is 0 Å². The second kappa shape index (κ2) is 17.3. The van der Waals surface area contributed by atoms with E-state index < -0.39 is 17.4 Å². The lowest BCUT2D eigenvalue weighted by Crippen LogP contribution is -2.50. The Bertz CT molecular complexity index is 2550. The van der Waals surface area contributed by atoms with Crippen molar-refractivity contribution in [1.29, 1.82) is 0 Å². The maximum atomic E-state index is 14.5. The minimum Gasteiger partial charge on any atom is -0.373 e. The third-order valence-corrected chi connectivity index (χ3v) is 14.0. The number of imide groups is 1. The number of rotatable bonds is 11. The monoisotopic (exact) mass is 861 g/mol. The van der Waals surface area contributed by atoms with E-state index in [4.69, 9.17) is 4.74 Å². The Morgan fingerprint density at radius 3 is 2.14 bits per heavy atom. The molecule has 2 aromatic heterocycles. The molecule has 0 radical (unpaired) electrons. The average molecular weight is 862 g/mol. The van der Waals surface area contributed by atoms with Crippen LogP contribution < -0.4 is 20.8 Å². The predicted molar refractivity (Wildman–Crippen MR) is 235 cm³/mol. The summed E-state index contributed by atoms with van der Waals surface area (Å²) in [7, 11) is 0. The van der Waals surface area contributed by atoms with Crippen LogP contribution >= 0.6 is 0 Å². The van der Waals surface area contributed by atoms with Crippen molar-refractivity contribution in [3.8, 4) is 5.69 Å². The van der Waals surface area contributed by atoms with Gasteiger partial charge in [-0.05, 0) is 102 Å². The van der Waals surface area contributed by atoms with Crippen molar-refractivity contribution in [3.05, 3.63) is 129 Å². The fraction of sp³-hybridized carbons (Fsp3) is 0.449. The Morgan fingerprint density at radius 2 is 1.43 bits per heavy atom. The van der Waals surface area contributed by atoms with Gasteiger partial charge in [-0.25, -0.2) is 4.79 Å². The lowest BCUT2D eigenvalue weighted by molar-refractivity contribution is -0.138. The second-order valence-corrected chi connectivity index (χ2v) is 18.2. The number of benzene rings is 3. The standard InChI is InChI=1S/C49H54F3N7O4/c50-49(51,52)43-25-36(28-59-45(43)31-58(48(59)62)41-6-2-5-35(24-41)23-33-3-1-4-33)27-54-17-15-42(16-18-54)63-32-34-7-10-39(11-8-34)55-19-21-56(22-20-55)40-12-9-37-29-57(30-38(37)26-40)44-13-14-46(60)53-47(44)61/h2,5-12,24-26,28,31,33,42,44H,1,3-4,13-23,27,29-30,32H2,(H,53,60,61)/t44-/m0/s1. The van der Waals surface area contributed by atoms with Crippen LogP contribution in [0, 0.1) is 5.92 Å². The van der Waals surface area contributed by atoms with Crippen molar-refractivity contribution in [2.75, 3.05) is 49.1 Å². The minimum absolute atomic E-state index is 0.0543. The Kier molecular flexibility index (Phi) is 11.4.